The Morgan fingerprint density at radius 2 is 1.81 bits per heavy atom. The van der Waals surface area contributed by atoms with Gasteiger partial charge < -0.3 is 0 Å². The predicted molar refractivity (Wildman–Crippen MR) is 74.6 cm³/mol. The van der Waals surface area contributed by atoms with Crippen molar-refractivity contribution in [3.05, 3.63) is 34.9 Å². The number of benzene rings is 1. The van der Waals surface area contributed by atoms with Crippen molar-refractivity contribution in [2.24, 2.45) is 5.92 Å². The van der Waals surface area contributed by atoms with E-state index in [0.29, 0.717) is 5.92 Å². The highest BCUT2D eigenvalue weighted by molar-refractivity contribution is 9.09. The monoisotopic (exact) mass is 300 g/mol. The summed E-state index contributed by atoms with van der Waals surface area (Å²) in [5.74, 6) is 1.60. The summed E-state index contributed by atoms with van der Waals surface area (Å²) in [5.41, 5.74) is 1.42. The molecule has 0 radical (unpaired) electrons. The zero-order chi connectivity index (χ0) is 11.4. The van der Waals surface area contributed by atoms with Crippen LogP contribution in [0.2, 0.25) is 5.02 Å². The Morgan fingerprint density at radius 3 is 2.38 bits per heavy atom. The predicted octanol–water partition coefficient (Wildman–Crippen LogP) is 5.40. The van der Waals surface area contributed by atoms with Gasteiger partial charge in [0.25, 0.3) is 0 Å². The molecule has 0 heterocycles. The van der Waals surface area contributed by atoms with Crippen LogP contribution in [-0.2, 0) is 0 Å². The lowest BCUT2D eigenvalue weighted by Crippen LogP contribution is -2.06. The van der Waals surface area contributed by atoms with Gasteiger partial charge in [0.1, 0.15) is 0 Å². The summed E-state index contributed by atoms with van der Waals surface area (Å²) in [4.78, 5) is 0. The third-order valence-corrected chi connectivity index (χ3v) is 4.65. The summed E-state index contributed by atoms with van der Waals surface area (Å²) in [6.45, 7) is 0. The summed E-state index contributed by atoms with van der Waals surface area (Å²) in [5, 5.41) is 1.89. The van der Waals surface area contributed by atoms with Crippen molar-refractivity contribution in [1.82, 2.24) is 0 Å². The first kappa shape index (κ1) is 12.4. The van der Waals surface area contributed by atoms with Crippen molar-refractivity contribution in [1.29, 1.82) is 0 Å². The molecule has 0 N–H and O–H groups in total. The first-order valence-electron chi connectivity index (χ1n) is 6.11. The normalized spacial score (nSPS) is 18.9. The number of halogens is 2. The summed E-state index contributed by atoms with van der Waals surface area (Å²) in [6, 6.07) is 8.34. The van der Waals surface area contributed by atoms with Gasteiger partial charge in [-0.1, -0.05) is 65.3 Å². The third kappa shape index (κ3) is 3.24. The van der Waals surface area contributed by atoms with E-state index in [0.717, 1.165) is 16.3 Å². The molecule has 0 aliphatic heterocycles. The Hall–Kier alpha value is -0.0100. The van der Waals surface area contributed by atoms with Crippen molar-refractivity contribution < 1.29 is 0 Å². The lowest BCUT2D eigenvalue weighted by Gasteiger charge is -2.18. The van der Waals surface area contributed by atoms with E-state index in [1.54, 1.807) is 0 Å². The van der Waals surface area contributed by atoms with E-state index in [9.17, 15) is 0 Å². The first-order valence-corrected chi connectivity index (χ1v) is 7.61. The van der Waals surface area contributed by atoms with Crippen molar-refractivity contribution in [2.45, 2.75) is 38.0 Å². The van der Waals surface area contributed by atoms with E-state index in [-0.39, 0.29) is 0 Å². The molecule has 1 atom stereocenters. The van der Waals surface area contributed by atoms with Crippen LogP contribution < -0.4 is 0 Å². The number of hydrogen-bond acceptors (Lipinski definition) is 0. The van der Waals surface area contributed by atoms with Crippen LogP contribution in [0.5, 0.6) is 0 Å². The van der Waals surface area contributed by atoms with Crippen LogP contribution in [-0.4, -0.2) is 5.33 Å². The molecule has 1 saturated carbocycles. The molecule has 2 heteroatoms. The molecule has 1 aromatic rings. The second-order valence-corrected chi connectivity index (χ2v) is 5.87. The van der Waals surface area contributed by atoms with Crippen LogP contribution in [0.3, 0.4) is 0 Å². The van der Waals surface area contributed by atoms with Gasteiger partial charge in [0.05, 0.1) is 0 Å². The zero-order valence-electron chi connectivity index (χ0n) is 9.46. The van der Waals surface area contributed by atoms with E-state index >= 15 is 0 Å². The molecule has 0 spiro atoms. The SMILES string of the molecule is Clc1ccc(C(CBr)CC2CCCC2)cc1. The molecule has 1 fully saturated rings. The van der Waals surface area contributed by atoms with Gasteiger partial charge in [-0.25, -0.2) is 0 Å². The molecule has 2 rings (SSSR count). The van der Waals surface area contributed by atoms with Crippen LogP contribution in [0.1, 0.15) is 43.6 Å². The topological polar surface area (TPSA) is 0 Å². The van der Waals surface area contributed by atoms with E-state index in [1.807, 2.05) is 12.1 Å². The highest BCUT2D eigenvalue weighted by atomic mass is 79.9. The zero-order valence-corrected chi connectivity index (χ0v) is 11.8. The van der Waals surface area contributed by atoms with E-state index in [4.69, 9.17) is 11.6 Å². The quantitative estimate of drug-likeness (QED) is 0.653. The van der Waals surface area contributed by atoms with Crippen LogP contribution in [0, 0.1) is 5.92 Å². The molecular formula is C14H18BrCl. The summed E-state index contributed by atoms with van der Waals surface area (Å²) in [6.07, 6.45) is 7.04. The fourth-order valence-electron chi connectivity index (χ4n) is 2.67. The average Bonchev–Trinajstić information content (AvgIpc) is 2.80. The minimum atomic E-state index is 0.653. The molecule has 1 aliphatic carbocycles. The second kappa shape index (κ2) is 6.07. The van der Waals surface area contributed by atoms with Gasteiger partial charge in [-0.15, -0.1) is 0 Å². The van der Waals surface area contributed by atoms with Gasteiger partial charge in [-0.05, 0) is 36.0 Å². The maximum absolute atomic E-state index is 5.92. The smallest absolute Gasteiger partial charge is 0.0406 e. The lowest BCUT2D eigenvalue weighted by molar-refractivity contribution is 0.464. The van der Waals surface area contributed by atoms with Crippen LogP contribution >= 0.6 is 27.5 Å². The molecule has 1 aliphatic rings. The number of rotatable bonds is 4. The Labute approximate surface area is 112 Å². The highest BCUT2D eigenvalue weighted by Gasteiger charge is 2.20. The van der Waals surface area contributed by atoms with Crippen molar-refractivity contribution in [2.75, 3.05) is 5.33 Å². The minimum Gasteiger partial charge on any atom is -0.0921 e. The Kier molecular flexibility index (Phi) is 4.72. The van der Waals surface area contributed by atoms with Gasteiger partial charge >= 0.3 is 0 Å². The first-order chi connectivity index (χ1) is 7.79. The fourth-order valence-corrected chi connectivity index (χ4v) is 3.44. The van der Waals surface area contributed by atoms with Gasteiger partial charge in [0.2, 0.25) is 0 Å². The maximum atomic E-state index is 5.92. The number of alkyl halides is 1. The van der Waals surface area contributed by atoms with Crippen molar-refractivity contribution in [3.63, 3.8) is 0 Å². The van der Waals surface area contributed by atoms with Gasteiger partial charge in [-0.2, -0.15) is 0 Å². The third-order valence-electron chi connectivity index (χ3n) is 3.62. The number of hydrogen-bond donors (Lipinski definition) is 0. The maximum Gasteiger partial charge on any atom is 0.0406 e. The van der Waals surface area contributed by atoms with Gasteiger partial charge in [-0.3, -0.25) is 0 Å². The fraction of sp³-hybridized carbons (Fsp3) is 0.571. The largest absolute Gasteiger partial charge is 0.0921 e. The van der Waals surface area contributed by atoms with Crippen LogP contribution in [0.25, 0.3) is 0 Å². The standard InChI is InChI=1S/C14H18BrCl/c15-10-13(9-11-3-1-2-4-11)12-5-7-14(16)8-6-12/h5-8,11,13H,1-4,9-10H2. The Balaban J connectivity index is 2.00. The Bertz CT molecular complexity index is 314. The van der Waals surface area contributed by atoms with E-state index in [1.165, 1.54) is 37.7 Å². The Morgan fingerprint density at radius 1 is 1.19 bits per heavy atom. The van der Waals surface area contributed by atoms with E-state index in [2.05, 4.69) is 28.1 Å². The molecular weight excluding hydrogens is 284 g/mol. The summed E-state index contributed by atoms with van der Waals surface area (Å²) < 4.78 is 0. The molecule has 0 nitrogen and oxygen atoms in total. The second-order valence-electron chi connectivity index (χ2n) is 4.79. The lowest BCUT2D eigenvalue weighted by atomic mass is 9.89. The van der Waals surface area contributed by atoms with E-state index < -0.39 is 0 Å². The summed E-state index contributed by atoms with van der Waals surface area (Å²) in [7, 11) is 0. The van der Waals surface area contributed by atoms with Crippen LogP contribution in [0.15, 0.2) is 24.3 Å². The molecule has 1 unspecified atom stereocenters. The van der Waals surface area contributed by atoms with Gasteiger partial charge in [0, 0.05) is 10.4 Å². The molecule has 1 aromatic carbocycles. The highest BCUT2D eigenvalue weighted by Crippen LogP contribution is 2.35. The van der Waals surface area contributed by atoms with Gasteiger partial charge in [0.15, 0.2) is 0 Å². The molecule has 0 bridgehead atoms. The van der Waals surface area contributed by atoms with Crippen LogP contribution in [0.4, 0.5) is 0 Å². The summed E-state index contributed by atoms with van der Waals surface area (Å²) >= 11 is 9.56. The average molecular weight is 302 g/mol. The molecule has 0 saturated heterocycles. The minimum absolute atomic E-state index is 0.653. The van der Waals surface area contributed by atoms with Crippen molar-refractivity contribution >= 4 is 27.5 Å². The molecule has 0 aromatic heterocycles. The molecule has 0 amide bonds. The van der Waals surface area contributed by atoms with Crippen molar-refractivity contribution in [3.8, 4) is 0 Å². The molecule has 88 valence electrons. The molecule has 16 heavy (non-hydrogen) atoms.